The zero-order chi connectivity index (χ0) is 12.0. The number of aliphatic hydroxyl groups excluding tert-OH is 1. The number of carbonyl (C=O) groups excluding carboxylic acids is 1. The molecule has 0 aromatic heterocycles. The number of carbonyl (C=O) groups is 1. The number of amides is 1. The predicted octanol–water partition coefficient (Wildman–Crippen LogP) is 2.42. The monoisotopic (exact) mass is 249 g/mol. The third kappa shape index (κ3) is 1.50. The smallest absolute Gasteiger partial charge is 0.257 e. The predicted molar refractivity (Wildman–Crippen MR) is 64.5 cm³/mol. The first kappa shape index (κ1) is 10.8. The molecule has 4 heteroatoms. The van der Waals surface area contributed by atoms with Crippen molar-refractivity contribution < 1.29 is 9.90 Å². The highest BCUT2D eigenvalue weighted by Crippen LogP contribution is 2.38. The lowest BCUT2D eigenvalue weighted by atomic mass is 10.1. The standard InChI is InChI=1S/C13H12ClNO2/c14-10-6-3-7-11(10)15-12(16)8-4-1-2-5-9(8)13(15)17/h1-2,4-6,11-12,16H,3,7H2/t11-,12?/m0/s1. The van der Waals surface area contributed by atoms with Crippen molar-refractivity contribution >= 4 is 17.5 Å². The van der Waals surface area contributed by atoms with Gasteiger partial charge in [0.05, 0.1) is 6.04 Å². The van der Waals surface area contributed by atoms with Crippen LogP contribution in [0.2, 0.25) is 0 Å². The van der Waals surface area contributed by atoms with E-state index in [0.717, 1.165) is 12.8 Å². The maximum absolute atomic E-state index is 12.2. The Morgan fingerprint density at radius 2 is 2.12 bits per heavy atom. The van der Waals surface area contributed by atoms with Crippen molar-refractivity contribution in [3.63, 3.8) is 0 Å². The summed E-state index contributed by atoms with van der Waals surface area (Å²) in [6, 6.07) is 6.98. The van der Waals surface area contributed by atoms with Gasteiger partial charge >= 0.3 is 0 Å². The fraction of sp³-hybridized carbons (Fsp3) is 0.308. The molecule has 0 radical (unpaired) electrons. The Hall–Kier alpha value is -1.32. The molecule has 88 valence electrons. The Morgan fingerprint density at radius 1 is 1.35 bits per heavy atom. The Bertz CT molecular complexity index is 512. The van der Waals surface area contributed by atoms with Crippen LogP contribution in [0.5, 0.6) is 0 Å². The molecule has 0 spiro atoms. The van der Waals surface area contributed by atoms with Crippen molar-refractivity contribution in [3.05, 3.63) is 46.5 Å². The second-order valence-corrected chi connectivity index (χ2v) is 4.79. The number of allylic oxidation sites excluding steroid dienone is 1. The number of benzene rings is 1. The van der Waals surface area contributed by atoms with Crippen molar-refractivity contribution in [2.75, 3.05) is 0 Å². The van der Waals surface area contributed by atoms with Gasteiger partial charge in [0.2, 0.25) is 0 Å². The molecule has 0 saturated heterocycles. The van der Waals surface area contributed by atoms with E-state index in [2.05, 4.69) is 0 Å². The first-order valence-electron chi connectivity index (χ1n) is 5.65. The molecule has 0 bridgehead atoms. The summed E-state index contributed by atoms with van der Waals surface area (Å²) in [7, 11) is 0. The van der Waals surface area contributed by atoms with Gasteiger partial charge in [-0.2, -0.15) is 0 Å². The molecule has 0 saturated carbocycles. The van der Waals surface area contributed by atoms with Gasteiger partial charge in [-0.25, -0.2) is 0 Å². The van der Waals surface area contributed by atoms with Crippen molar-refractivity contribution in [1.82, 2.24) is 4.90 Å². The molecule has 1 aromatic carbocycles. The molecule has 2 atom stereocenters. The minimum atomic E-state index is -0.871. The topological polar surface area (TPSA) is 40.5 Å². The van der Waals surface area contributed by atoms with Crippen LogP contribution in [-0.4, -0.2) is 22.0 Å². The third-order valence-electron chi connectivity index (χ3n) is 3.40. The van der Waals surface area contributed by atoms with Crippen LogP contribution in [0.3, 0.4) is 0 Å². The van der Waals surface area contributed by atoms with E-state index in [1.165, 1.54) is 4.90 Å². The quantitative estimate of drug-likeness (QED) is 0.830. The van der Waals surface area contributed by atoms with Gasteiger partial charge in [-0.1, -0.05) is 35.9 Å². The SMILES string of the molecule is O=C1c2ccccc2C(O)N1[C@H]1CCC=C1Cl. The lowest BCUT2D eigenvalue weighted by Gasteiger charge is -2.28. The average molecular weight is 250 g/mol. The van der Waals surface area contributed by atoms with E-state index in [9.17, 15) is 9.90 Å². The fourth-order valence-electron chi connectivity index (χ4n) is 2.55. The molecule has 1 aliphatic carbocycles. The molecule has 1 unspecified atom stereocenters. The van der Waals surface area contributed by atoms with Crippen LogP contribution < -0.4 is 0 Å². The van der Waals surface area contributed by atoms with E-state index < -0.39 is 6.23 Å². The van der Waals surface area contributed by atoms with Gasteiger partial charge in [-0.3, -0.25) is 4.79 Å². The van der Waals surface area contributed by atoms with Crippen molar-refractivity contribution in [2.24, 2.45) is 0 Å². The van der Waals surface area contributed by atoms with Crippen LogP contribution in [0, 0.1) is 0 Å². The lowest BCUT2D eigenvalue weighted by Crippen LogP contribution is -2.37. The van der Waals surface area contributed by atoms with E-state index >= 15 is 0 Å². The molecular weight excluding hydrogens is 238 g/mol. The van der Waals surface area contributed by atoms with Gasteiger partial charge in [0.25, 0.3) is 5.91 Å². The number of fused-ring (bicyclic) bond motifs is 1. The largest absolute Gasteiger partial charge is 0.369 e. The molecule has 1 aliphatic heterocycles. The first-order chi connectivity index (χ1) is 8.20. The van der Waals surface area contributed by atoms with Gasteiger partial charge in [-0.15, -0.1) is 0 Å². The number of aliphatic hydroxyl groups is 1. The van der Waals surface area contributed by atoms with E-state index in [0.29, 0.717) is 16.2 Å². The van der Waals surface area contributed by atoms with E-state index in [1.807, 2.05) is 12.1 Å². The van der Waals surface area contributed by atoms with Crippen LogP contribution in [0.25, 0.3) is 0 Å². The second-order valence-electron chi connectivity index (χ2n) is 4.36. The minimum absolute atomic E-state index is 0.133. The number of hydrogen-bond acceptors (Lipinski definition) is 2. The summed E-state index contributed by atoms with van der Waals surface area (Å²) in [4.78, 5) is 13.7. The van der Waals surface area contributed by atoms with Gasteiger partial charge in [0.1, 0.15) is 0 Å². The average Bonchev–Trinajstić information content (AvgIpc) is 2.84. The van der Waals surface area contributed by atoms with E-state index in [4.69, 9.17) is 11.6 Å². The van der Waals surface area contributed by atoms with Gasteiger partial charge in [-0.05, 0) is 18.9 Å². The molecule has 3 nitrogen and oxygen atoms in total. The normalized spacial score (nSPS) is 27.3. The zero-order valence-corrected chi connectivity index (χ0v) is 9.89. The Kier molecular flexibility index (Phi) is 2.45. The lowest BCUT2D eigenvalue weighted by molar-refractivity contribution is 0.00481. The maximum atomic E-state index is 12.2. The summed E-state index contributed by atoms with van der Waals surface area (Å²) in [5, 5.41) is 10.9. The Balaban J connectivity index is 2.01. The molecule has 1 heterocycles. The number of rotatable bonds is 1. The summed E-state index contributed by atoms with van der Waals surface area (Å²) < 4.78 is 0. The van der Waals surface area contributed by atoms with Gasteiger partial charge in [0.15, 0.2) is 6.23 Å². The van der Waals surface area contributed by atoms with Crippen LogP contribution in [0.15, 0.2) is 35.4 Å². The Morgan fingerprint density at radius 3 is 2.76 bits per heavy atom. The van der Waals surface area contributed by atoms with Crippen molar-refractivity contribution in [2.45, 2.75) is 25.1 Å². The zero-order valence-electron chi connectivity index (χ0n) is 9.14. The molecule has 0 fully saturated rings. The molecule has 1 N–H and O–H groups in total. The third-order valence-corrected chi connectivity index (χ3v) is 3.81. The molecule has 17 heavy (non-hydrogen) atoms. The van der Waals surface area contributed by atoms with E-state index in [1.54, 1.807) is 18.2 Å². The van der Waals surface area contributed by atoms with E-state index in [-0.39, 0.29) is 11.9 Å². The first-order valence-corrected chi connectivity index (χ1v) is 6.03. The Labute approximate surface area is 104 Å². The van der Waals surface area contributed by atoms with Gasteiger partial charge in [0, 0.05) is 16.2 Å². The summed E-state index contributed by atoms with van der Waals surface area (Å²) in [6.07, 6.45) is 2.69. The van der Waals surface area contributed by atoms with Crippen molar-refractivity contribution in [1.29, 1.82) is 0 Å². The summed E-state index contributed by atoms with van der Waals surface area (Å²) in [6.45, 7) is 0. The maximum Gasteiger partial charge on any atom is 0.257 e. The molecule has 1 aromatic rings. The molecule has 1 amide bonds. The summed E-state index contributed by atoms with van der Waals surface area (Å²) in [5.74, 6) is -0.133. The molecule has 2 aliphatic rings. The second kappa shape index (κ2) is 3.86. The highest BCUT2D eigenvalue weighted by atomic mass is 35.5. The van der Waals surface area contributed by atoms with Crippen molar-refractivity contribution in [3.8, 4) is 0 Å². The highest BCUT2D eigenvalue weighted by molar-refractivity contribution is 6.30. The van der Waals surface area contributed by atoms with Crippen LogP contribution in [0.4, 0.5) is 0 Å². The number of hydrogen-bond donors (Lipinski definition) is 1. The van der Waals surface area contributed by atoms with Crippen LogP contribution >= 0.6 is 11.6 Å². The fourth-order valence-corrected chi connectivity index (χ4v) is 2.88. The molecular formula is C13H12ClNO2. The summed E-state index contributed by atoms with van der Waals surface area (Å²) in [5.41, 5.74) is 1.25. The minimum Gasteiger partial charge on any atom is -0.369 e. The van der Waals surface area contributed by atoms with Gasteiger partial charge < -0.3 is 10.0 Å². The van der Waals surface area contributed by atoms with Crippen LogP contribution in [-0.2, 0) is 0 Å². The molecule has 3 rings (SSSR count). The summed E-state index contributed by atoms with van der Waals surface area (Å²) >= 11 is 6.09. The highest BCUT2D eigenvalue weighted by Gasteiger charge is 2.41. The number of halogens is 1. The van der Waals surface area contributed by atoms with Crippen LogP contribution in [0.1, 0.15) is 35.0 Å². The number of nitrogens with zero attached hydrogens (tertiary/aromatic N) is 1.